The Balaban J connectivity index is 2.67. The van der Waals surface area contributed by atoms with Gasteiger partial charge in [0.15, 0.2) is 0 Å². The highest BCUT2D eigenvalue weighted by atomic mass is 16.3. The Morgan fingerprint density at radius 2 is 1.95 bits per heavy atom. The molecule has 5 heteroatoms. The molecule has 2 N–H and O–H groups in total. The molecule has 0 saturated carbocycles. The van der Waals surface area contributed by atoms with Gasteiger partial charge in [-0.15, -0.1) is 0 Å². The van der Waals surface area contributed by atoms with Crippen molar-refractivity contribution in [1.29, 1.82) is 0 Å². The Kier molecular flexibility index (Phi) is 6.20. The lowest BCUT2D eigenvalue weighted by molar-refractivity contribution is -0.141. The summed E-state index contributed by atoms with van der Waals surface area (Å²) in [6.07, 6.45) is 2.28. The number of hydrogen-bond acceptors (Lipinski definition) is 3. The largest absolute Gasteiger partial charge is 0.394 e. The zero-order chi connectivity index (χ0) is 16.2. The fourth-order valence-electron chi connectivity index (χ4n) is 2.83. The average Bonchev–Trinajstić information content (AvgIpc) is 2.84. The summed E-state index contributed by atoms with van der Waals surface area (Å²) in [7, 11) is 0. The second kappa shape index (κ2) is 7.25. The van der Waals surface area contributed by atoms with Crippen molar-refractivity contribution in [2.75, 3.05) is 13.2 Å². The molecule has 1 rings (SSSR count). The Morgan fingerprint density at radius 1 is 1.33 bits per heavy atom. The monoisotopic (exact) mass is 298 g/mol. The van der Waals surface area contributed by atoms with E-state index in [-0.39, 0.29) is 41.8 Å². The molecule has 0 aliphatic carbocycles. The quantitative estimate of drug-likeness (QED) is 0.809. The predicted octanol–water partition coefficient (Wildman–Crippen LogP) is 1.55. The number of nitrogens with one attached hydrogen (secondary N) is 1. The van der Waals surface area contributed by atoms with E-state index in [9.17, 15) is 14.7 Å². The van der Waals surface area contributed by atoms with Gasteiger partial charge in [-0.3, -0.25) is 9.59 Å². The zero-order valence-corrected chi connectivity index (χ0v) is 14.0. The zero-order valence-electron chi connectivity index (χ0n) is 14.0. The molecular formula is C16H30N2O3. The molecule has 1 heterocycles. The first kappa shape index (κ1) is 18.0. The van der Waals surface area contributed by atoms with Crippen LogP contribution < -0.4 is 5.32 Å². The lowest BCUT2D eigenvalue weighted by Gasteiger charge is -2.29. The maximum Gasteiger partial charge on any atom is 0.243 e. The smallest absolute Gasteiger partial charge is 0.243 e. The number of amides is 2. The van der Waals surface area contributed by atoms with Crippen LogP contribution in [-0.2, 0) is 9.59 Å². The fourth-order valence-corrected chi connectivity index (χ4v) is 2.83. The molecule has 1 aliphatic heterocycles. The maximum atomic E-state index is 12.4. The first-order valence-electron chi connectivity index (χ1n) is 7.87. The summed E-state index contributed by atoms with van der Waals surface area (Å²) in [5.41, 5.74) is 0.0315. The Bertz CT molecular complexity index is 374. The fraction of sp³-hybridized carbons (Fsp3) is 0.875. The number of aliphatic hydroxyl groups is 1. The van der Waals surface area contributed by atoms with Crippen LogP contribution in [0.5, 0.6) is 0 Å². The van der Waals surface area contributed by atoms with E-state index in [4.69, 9.17) is 0 Å². The van der Waals surface area contributed by atoms with Crippen molar-refractivity contribution in [2.45, 2.75) is 66.0 Å². The number of carbonyl (C=O) groups excluding carboxylic acids is 2. The Labute approximate surface area is 128 Å². The van der Waals surface area contributed by atoms with Crippen LogP contribution in [0.3, 0.4) is 0 Å². The van der Waals surface area contributed by atoms with Crippen molar-refractivity contribution < 1.29 is 14.7 Å². The molecule has 0 spiro atoms. The summed E-state index contributed by atoms with van der Waals surface area (Å²) in [6, 6.07) is -0.636. The molecular weight excluding hydrogens is 268 g/mol. The number of carbonyl (C=O) groups is 2. The first-order valence-corrected chi connectivity index (χ1v) is 7.87. The summed E-state index contributed by atoms with van der Waals surface area (Å²) in [6.45, 7) is 10.5. The molecule has 0 bridgehead atoms. The van der Waals surface area contributed by atoms with Crippen LogP contribution in [0.15, 0.2) is 0 Å². The predicted molar refractivity (Wildman–Crippen MR) is 82.7 cm³/mol. The van der Waals surface area contributed by atoms with Gasteiger partial charge in [0, 0.05) is 12.5 Å². The van der Waals surface area contributed by atoms with Crippen LogP contribution in [0, 0.1) is 11.3 Å². The third-order valence-corrected chi connectivity index (χ3v) is 3.76. The van der Waals surface area contributed by atoms with Crippen molar-refractivity contribution in [3.8, 4) is 0 Å². The van der Waals surface area contributed by atoms with Crippen LogP contribution >= 0.6 is 0 Å². The first-order chi connectivity index (χ1) is 9.65. The van der Waals surface area contributed by atoms with E-state index in [0.29, 0.717) is 19.4 Å². The number of aliphatic hydroxyl groups excluding tert-OH is 1. The molecule has 0 aromatic rings. The van der Waals surface area contributed by atoms with Gasteiger partial charge in [-0.25, -0.2) is 0 Å². The normalized spacial score (nSPS) is 20.7. The van der Waals surface area contributed by atoms with E-state index >= 15 is 0 Å². The molecule has 1 fully saturated rings. The summed E-state index contributed by atoms with van der Waals surface area (Å²) in [5, 5.41) is 12.4. The number of likely N-dealkylation sites (tertiary alicyclic amines) is 1. The summed E-state index contributed by atoms with van der Waals surface area (Å²) >= 11 is 0. The maximum absolute atomic E-state index is 12.4. The van der Waals surface area contributed by atoms with Crippen molar-refractivity contribution in [3.63, 3.8) is 0 Å². The molecule has 2 amide bonds. The van der Waals surface area contributed by atoms with Crippen LogP contribution in [0.1, 0.15) is 53.9 Å². The SMILES string of the molecule is CC(C)C(=O)N1CCCC1C(=O)NC(CO)CC(C)(C)C. The second-order valence-electron chi connectivity index (χ2n) is 7.50. The minimum absolute atomic E-state index is 0.0315. The highest BCUT2D eigenvalue weighted by molar-refractivity contribution is 5.89. The van der Waals surface area contributed by atoms with E-state index in [0.717, 1.165) is 6.42 Å². The Morgan fingerprint density at radius 3 is 2.43 bits per heavy atom. The minimum Gasteiger partial charge on any atom is -0.394 e. The van der Waals surface area contributed by atoms with Crippen LogP contribution in [-0.4, -0.2) is 47.1 Å². The topological polar surface area (TPSA) is 69.6 Å². The van der Waals surface area contributed by atoms with Gasteiger partial charge in [-0.1, -0.05) is 34.6 Å². The standard InChI is InChI=1S/C16H30N2O3/c1-11(2)15(21)18-8-6-7-13(18)14(20)17-12(10-19)9-16(3,4)5/h11-13,19H,6-10H2,1-5H3,(H,17,20). The molecule has 1 saturated heterocycles. The molecule has 0 radical (unpaired) electrons. The van der Waals surface area contributed by atoms with Crippen LogP contribution in [0.4, 0.5) is 0 Å². The summed E-state index contributed by atoms with van der Waals surface area (Å²) < 4.78 is 0. The molecule has 122 valence electrons. The van der Waals surface area contributed by atoms with Gasteiger partial charge in [-0.2, -0.15) is 0 Å². The van der Waals surface area contributed by atoms with E-state index in [1.54, 1.807) is 4.90 Å². The minimum atomic E-state index is -0.381. The molecule has 5 nitrogen and oxygen atoms in total. The van der Waals surface area contributed by atoms with Crippen LogP contribution in [0.2, 0.25) is 0 Å². The lowest BCUT2D eigenvalue weighted by Crippen LogP contribution is -2.51. The van der Waals surface area contributed by atoms with Crippen molar-refractivity contribution in [3.05, 3.63) is 0 Å². The van der Waals surface area contributed by atoms with E-state index in [1.165, 1.54) is 0 Å². The van der Waals surface area contributed by atoms with Gasteiger partial charge in [0.05, 0.1) is 12.6 Å². The van der Waals surface area contributed by atoms with Gasteiger partial charge in [0.2, 0.25) is 11.8 Å². The van der Waals surface area contributed by atoms with E-state index in [1.807, 2.05) is 13.8 Å². The molecule has 2 unspecified atom stereocenters. The van der Waals surface area contributed by atoms with Gasteiger partial charge in [0.25, 0.3) is 0 Å². The van der Waals surface area contributed by atoms with Gasteiger partial charge >= 0.3 is 0 Å². The number of rotatable bonds is 5. The lowest BCUT2D eigenvalue weighted by atomic mass is 9.88. The highest BCUT2D eigenvalue weighted by Crippen LogP contribution is 2.23. The van der Waals surface area contributed by atoms with E-state index in [2.05, 4.69) is 26.1 Å². The third-order valence-electron chi connectivity index (χ3n) is 3.76. The summed E-state index contributed by atoms with van der Waals surface area (Å²) in [4.78, 5) is 26.2. The van der Waals surface area contributed by atoms with Gasteiger partial charge in [-0.05, 0) is 24.7 Å². The molecule has 0 aromatic carbocycles. The van der Waals surface area contributed by atoms with Gasteiger partial charge < -0.3 is 15.3 Å². The number of hydrogen-bond donors (Lipinski definition) is 2. The third kappa shape index (κ3) is 5.30. The average molecular weight is 298 g/mol. The second-order valence-corrected chi connectivity index (χ2v) is 7.50. The van der Waals surface area contributed by atoms with Crippen LogP contribution in [0.25, 0.3) is 0 Å². The summed E-state index contributed by atoms with van der Waals surface area (Å²) in [5.74, 6) is -0.199. The molecule has 0 aromatic heterocycles. The molecule has 2 atom stereocenters. The van der Waals surface area contributed by atoms with Crippen molar-refractivity contribution in [2.24, 2.45) is 11.3 Å². The number of nitrogens with zero attached hydrogens (tertiary/aromatic N) is 1. The van der Waals surface area contributed by atoms with Gasteiger partial charge in [0.1, 0.15) is 6.04 Å². The van der Waals surface area contributed by atoms with E-state index < -0.39 is 0 Å². The Hall–Kier alpha value is -1.10. The highest BCUT2D eigenvalue weighted by Gasteiger charge is 2.35. The molecule has 1 aliphatic rings. The van der Waals surface area contributed by atoms with Crippen molar-refractivity contribution in [1.82, 2.24) is 10.2 Å². The molecule has 21 heavy (non-hydrogen) atoms. The van der Waals surface area contributed by atoms with Crippen molar-refractivity contribution >= 4 is 11.8 Å².